The summed E-state index contributed by atoms with van der Waals surface area (Å²) in [5.41, 5.74) is 1.96. The molecule has 3 rings (SSSR count). The quantitative estimate of drug-likeness (QED) is 0.616. The van der Waals surface area contributed by atoms with Crippen LogP contribution in [0.1, 0.15) is 21.7 Å². The standard InChI is InChI=1S/C18H15NO5S/c1-10-12(5-4-6-13(10)17(21)23-3)14-8-7-11(24-14)9-15-16(20)19(2)18(22)25-15/h4-9H,1-3H3/b15-9-. The molecular formula is C18H15NO5S. The number of benzene rings is 1. The van der Waals surface area contributed by atoms with Crippen LogP contribution in [0.25, 0.3) is 17.4 Å². The first-order chi connectivity index (χ1) is 11.9. The number of thioether (sulfide) groups is 1. The average molecular weight is 357 g/mol. The van der Waals surface area contributed by atoms with Crippen LogP contribution in [-0.2, 0) is 9.53 Å². The monoisotopic (exact) mass is 357 g/mol. The van der Waals surface area contributed by atoms with Crippen LogP contribution < -0.4 is 0 Å². The van der Waals surface area contributed by atoms with E-state index in [-0.39, 0.29) is 11.1 Å². The fraction of sp³-hybridized carbons (Fsp3) is 0.167. The second-order valence-corrected chi connectivity index (χ2v) is 6.41. The molecule has 0 radical (unpaired) electrons. The zero-order valence-corrected chi connectivity index (χ0v) is 14.7. The third-order valence-corrected chi connectivity index (χ3v) is 4.85. The molecule has 0 N–H and O–H groups in total. The maximum absolute atomic E-state index is 11.9. The third kappa shape index (κ3) is 3.10. The van der Waals surface area contributed by atoms with Gasteiger partial charge in [-0.25, -0.2) is 4.79 Å². The maximum Gasteiger partial charge on any atom is 0.338 e. The van der Waals surface area contributed by atoms with E-state index < -0.39 is 5.97 Å². The second-order valence-electron chi connectivity index (χ2n) is 5.41. The molecule has 2 heterocycles. The lowest BCUT2D eigenvalue weighted by atomic mass is 10.0. The molecule has 7 heteroatoms. The number of esters is 1. The van der Waals surface area contributed by atoms with Gasteiger partial charge in [0.05, 0.1) is 17.6 Å². The van der Waals surface area contributed by atoms with Crippen molar-refractivity contribution in [2.45, 2.75) is 6.92 Å². The van der Waals surface area contributed by atoms with Gasteiger partial charge in [0, 0.05) is 18.7 Å². The first kappa shape index (κ1) is 17.0. The highest BCUT2D eigenvalue weighted by Gasteiger charge is 2.32. The van der Waals surface area contributed by atoms with Gasteiger partial charge in [0.25, 0.3) is 11.1 Å². The number of carbonyl (C=O) groups is 3. The molecule has 0 atom stereocenters. The van der Waals surface area contributed by atoms with Gasteiger partial charge in [0.2, 0.25) is 0 Å². The number of hydrogen-bond donors (Lipinski definition) is 0. The normalized spacial score (nSPS) is 16.0. The maximum atomic E-state index is 11.9. The molecule has 0 bridgehead atoms. The highest BCUT2D eigenvalue weighted by atomic mass is 32.2. The van der Waals surface area contributed by atoms with Gasteiger partial charge in [0.1, 0.15) is 11.5 Å². The Bertz CT molecular complexity index is 912. The minimum absolute atomic E-state index is 0.313. The summed E-state index contributed by atoms with van der Waals surface area (Å²) in [6, 6.07) is 8.74. The molecule has 1 fully saturated rings. The van der Waals surface area contributed by atoms with Crippen molar-refractivity contribution in [3.63, 3.8) is 0 Å². The fourth-order valence-corrected chi connectivity index (χ4v) is 3.29. The van der Waals surface area contributed by atoms with Crippen LogP contribution in [-0.4, -0.2) is 36.2 Å². The Morgan fingerprint density at radius 2 is 2.00 bits per heavy atom. The molecule has 0 saturated carbocycles. The topological polar surface area (TPSA) is 76.8 Å². The van der Waals surface area contributed by atoms with Crippen LogP contribution in [0.5, 0.6) is 0 Å². The van der Waals surface area contributed by atoms with E-state index in [0.29, 0.717) is 22.0 Å². The van der Waals surface area contributed by atoms with Crippen molar-refractivity contribution < 1.29 is 23.5 Å². The van der Waals surface area contributed by atoms with Gasteiger partial charge >= 0.3 is 5.97 Å². The number of furan rings is 1. The number of likely N-dealkylation sites (N-methyl/N-ethyl adjacent to an activating group) is 1. The van der Waals surface area contributed by atoms with Crippen LogP contribution in [0.15, 0.2) is 39.7 Å². The van der Waals surface area contributed by atoms with E-state index in [2.05, 4.69) is 0 Å². The van der Waals surface area contributed by atoms with E-state index in [9.17, 15) is 14.4 Å². The molecule has 6 nitrogen and oxygen atoms in total. The zero-order chi connectivity index (χ0) is 18.1. The molecule has 1 aromatic heterocycles. The van der Waals surface area contributed by atoms with Crippen LogP contribution in [0.3, 0.4) is 0 Å². The molecule has 0 unspecified atom stereocenters. The predicted molar refractivity (Wildman–Crippen MR) is 94.0 cm³/mol. The van der Waals surface area contributed by atoms with Gasteiger partial charge < -0.3 is 9.15 Å². The first-order valence-corrected chi connectivity index (χ1v) is 8.23. The average Bonchev–Trinajstić information content (AvgIpc) is 3.15. The van der Waals surface area contributed by atoms with Crippen LogP contribution >= 0.6 is 11.8 Å². The molecule has 0 aliphatic carbocycles. The molecule has 1 aromatic carbocycles. The number of nitrogens with zero attached hydrogens (tertiary/aromatic N) is 1. The van der Waals surface area contributed by atoms with E-state index in [1.807, 2.05) is 13.0 Å². The number of hydrogen-bond acceptors (Lipinski definition) is 6. The molecule has 1 saturated heterocycles. The molecule has 0 spiro atoms. The number of amides is 2. The van der Waals surface area contributed by atoms with E-state index in [0.717, 1.165) is 27.8 Å². The highest BCUT2D eigenvalue weighted by Crippen LogP contribution is 2.33. The van der Waals surface area contributed by atoms with Gasteiger partial charge in [0.15, 0.2) is 0 Å². The minimum atomic E-state index is -0.414. The summed E-state index contributed by atoms with van der Waals surface area (Å²) >= 11 is 0.872. The molecule has 1 aliphatic heterocycles. The lowest BCUT2D eigenvalue weighted by Gasteiger charge is -2.07. The first-order valence-electron chi connectivity index (χ1n) is 7.42. The van der Waals surface area contributed by atoms with Crippen LogP contribution in [0, 0.1) is 6.92 Å². The lowest BCUT2D eigenvalue weighted by Crippen LogP contribution is -2.22. The van der Waals surface area contributed by atoms with E-state index >= 15 is 0 Å². The molecule has 2 amide bonds. The van der Waals surface area contributed by atoms with Crippen LogP contribution in [0.2, 0.25) is 0 Å². The molecular weight excluding hydrogens is 342 g/mol. The summed E-state index contributed by atoms with van der Waals surface area (Å²) in [5.74, 6) is 0.251. The fourth-order valence-electron chi connectivity index (χ4n) is 2.48. The predicted octanol–water partition coefficient (Wildman–Crippen LogP) is 3.71. The van der Waals surface area contributed by atoms with E-state index in [1.54, 1.807) is 24.3 Å². The highest BCUT2D eigenvalue weighted by molar-refractivity contribution is 8.18. The summed E-state index contributed by atoms with van der Waals surface area (Å²) < 4.78 is 10.6. The number of methoxy groups -OCH3 is 1. The smallest absolute Gasteiger partial charge is 0.338 e. The second kappa shape index (κ2) is 6.60. The number of rotatable bonds is 3. The lowest BCUT2D eigenvalue weighted by molar-refractivity contribution is -0.121. The SMILES string of the molecule is COC(=O)c1cccc(-c2ccc(/C=C3\SC(=O)N(C)C3=O)o2)c1C. The van der Waals surface area contributed by atoms with Gasteiger partial charge in [-0.05, 0) is 42.4 Å². The number of ether oxygens (including phenoxy) is 1. The van der Waals surface area contributed by atoms with Gasteiger partial charge in [-0.3, -0.25) is 14.5 Å². The molecule has 1 aliphatic rings. The number of imide groups is 1. The molecule has 25 heavy (non-hydrogen) atoms. The molecule has 128 valence electrons. The minimum Gasteiger partial charge on any atom is -0.465 e. The van der Waals surface area contributed by atoms with Gasteiger partial charge in [-0.2, -0.15) is 0 Å². The Balaban J connectivity index is 1.94. The van der Waals surface area contributed by atoms with Crippen molar-refractivity contribution in [3.05, 3.63) is 52.1 Å². The summed E-state index contributed by atoms with van der Waals surface area (Å²) in [5, 5.41) is -0.315. The van der Waals surface area contributed by atoms with Gasteiger partial charge in [-0.1, -0.05) is 12.1 Å². The zero-order valence-electron chi connectivity index (χ0n) is 13.9. The largest absolute Gasteiger partial charge is 0.465 e. The van der Waals surface area contributed by atoms with Crippen molar-refractivity contribution in [2.75, 3.05) is 14.2 Å². The van der Waals surface area contributed by atoms with Crippen molar-refractivity contribution in [3.8, 4) is 11.3 Å². The summed E-state index contributed by atoms with van der Waals surface area (Å²) in [7, 11) is 2.77. The summed E-state index contributed by atoms with van der Waals surface area (Å²) in [6.45, 7) is 1.81. The van der Waals surface area contributed by atoms with E-state index in [1.165, 1.54) is 20.2 Å². The van der Waals surface area contributed by atoms with Crippen molar-refractivity contribution in [2.24, 2.45) is 0 Å². The Morgan fingerprint density at radius 3 is 2.64 bits per heavy atom. The van der Waals surface area contributed by atoms with Crippen molar-refractivity contribution in [1.82, 2.24) is 4.90 Å². The Kier molecular flexibility index (Phi) is 4.50. The van der Waals surface area contributed by atoms with E-state index in [4.69, 9.17) is 9.15 Å². The third-order valence-electron chi connectivity index (χ3n) is 3.89. The summed E-state index contributed by atoms with van der Waals surface area (Å²) in [4.78, 5) is 36.7. The summed E-state index contributed by atoms with van der Waals surface area (Å²) in [6.07, 6.45) is 1.54. The van der Waals surface area contributed by atoms with Gasteiger partial charge in [-0.15, -0.1) is 0 Å². The van der Waals surface area contributed by atoms with Crippen molar-refractivity contribution >= 4 is 35.0 Å². The van der Waals surface area contributed by atoms with Crippen molar-refractivity contribution in [1.29, 1.82) is 0 Å². The number of carbonyl (C=O) groups excluding carboxylic acids is 3. The Hall–Kier alpha value is -2.80. The Labute approximate surface area is 148 Å². The Morgan fingerprint density at radius 1 is 1.24 bits per heavy atom. The van der Waals surface area contributed by atoms with Crippen LogP contribution in [0.4, 0.5) is 4.79 Å². The molecule has 2 aromatic rings.